The fraction of sp³-hybridized carbons (Fsp3) is 0.333. The second-order valence-corrected chi connectivity index (χ2v) is 5.20. The number of carboxylic acid groups (broad SMARTS) is 1. The van der Waals surface area contributed by atoms with E-state index in [9.17, 15) is 13.2 Å². The summed E-state index contributed by atoms with van der Waals surface area (Å²) < 4.78 is 22.7. The number of rotatable bonds is 3. The monoisotopic (exact) mass is 229 g/mol. The van der Waals surface area contributed by atoms with Crippen LogP contribution in [0.2, 0.25) is 0 Å². The summed E-state index contributed by atoms with van der Waals surface area (Å²) in [6, 6.07) is 2.82. The van der Waals surface area contributed by atoms with Gasteiger partial charge in [0.2, 0.25) is 0 Å². The lowest BCUT2D eigenvalue weighted by Gasteiger charge is -2.09. The van der Waals surface area contributed by atoms with Crippen molar-refractivity contribution in [1.82, 2.24) is 4.98 Å². The van der Waals surface area contributed by atoms with E-state index in [4.69, 9.17) is 5.11 Å². The van der Waals surface area contributed by atoms with Gasteiger partial charge in [0, 0.05) is 12.5 Å². The first-order chi connectivity index (χ1) is 6.84. The highest BCUT2D eigenvalue weighted by atomic mass is 32.2. The zero-order valence-electron chi connectivity index (χ0n) is 8.34. The Hall–Kier alpha value is -1.43. The van der Waals surface area contributed by atoms with Gasteiger partial charge in [-0.2, -0.15) is 0 Å². The van der Waals surface area contributed by atoms with Gasteiger partial charge in [0.1, 0.15) is 0 Å². The summed E-state index contributed by atoms with van der Waals surface area (Å²) in [4.78, 5) is 14.5. The van der Waals surface area contributed by atoms with E-state index in [1.165, 1.54) is 25.3 Å². The number of hydrogen-bond acceptors (Lipinski definition) is 4. The summed E-state index contributed by atoms with van der Waals surface area (Å²) in [5.41, 5.74) is 0.0764. The molecule has 0 spiro atoms. The SMILES string of the molecule is CC(C(=O)O)c1ncccc1S(C)(=O)=O. The maximum absolute atomic E-state index is 11.3. The summed E-state index contributed by atoms with van der Waals surface area (Å²) in [7, 11) is -3.44. The average molecular weight is 229 g/mol. The molecule has 1 heterocycles. The molecule has 0 saturated heterocycles. The van der Waals surface area contributed by atoms with Gasteiger partial charge in [-0.15, -0.1) is 0 Å². The van der Waals surface area contributed by atoms with Gasteiger partial charge in [0.15, 0.2) is 9.84 Å². The molecule has 0 saturated carbocycles. The molecule has 0 aliphatic carbocycles. The maximum atomic E-state index is 11.3. The second-order valence-electron chi connectivity index (χ2n) is 3.22. The molecule has 0 aromatic carbocycles. The number of carbonyl (C=O) groups is 1. The number of aromatic nitrogens is 1. The van der Waals surface area contributed by atoms with Crippen molar-refractivity contribution in [1.29, 1.82) is 0 Å². The molecule has 6 heteroatoms. The van der Waals surface area contributed by atoms with Gasteiger partial charge in [-0.25, -0.2) is 8.42 Å². The molecule has 1 aromatic rings. The van der Waals surface area contributed by atoms with Crippen LogP contribution in [0, 0.1) is 0 Å². The molecule has 0 bridgehead atoms. The van der Waals surface area contributed by atoms with Crippen molar-refractivity contribution in [2.45, 2.75) is 17.7 Å². The van der Waals surface area contributed by atoms with Crippen LogP contribution in [-0.4, -0.2) is 30.7 Å². The van der Waals surface area contributed by atoms with Crippen LogP contribution >= 0.6 is 0 Å². The van der Waals surface area contributed by atoms with Crippen LogP contribution in [0.5, 0.6) is 0 Å². The minimum absolute atomic E-state index is 0.0279. The molecule has 1 aromatic heterocycles. The molecule has 0 aliphatic rings. The Labute approximate surface area is 87.7 Å². The summed E-state index contributed by atoms with van der Waals surface area (Å²) in [6.45, 7) is 1.40. The Kier molecular flexibility index (Phi) is 3.09. The lowest BCUT2D eigenvalue weighted by molar-refractivity contribution is -0.138. The van der Waals surface area contributed by atoms with Crippen molar-refractivity contribution in [3.63, 3.8) is 0 Å². The normalized spacial score (nSPS) is 13.5. The number of pyridine rings is 1. The number of aliphatic carboxylic acids is 1. The summed E-state index contributed by atoms with van der Waals surface area (Å²) in [6.07, 6.45) is 2.41. The van der Waals surface area contributed by atoms with Gasteiger partial charge >= 0.3 is 5.97 Å². The predicted molar refractivity (Wildman–Crippen MR) is 53.4 cm³/mol. The smallest absolute Gasteiger partial charge is 0.312 e. The van der Waals surface area contributed by atoms with E-state index in [0.717, 1.165) is 6.26 Å². The number of carboxylic acids is 1. The summed E-state index contributed by atoms with van der Waals surface area (Å²) in [5.74, 6) is -2.03. The molecule has 1 atom stereocenters. The first kappa shape index (κ1) is 11.6. The third kappa shape index (κ3) is 2.53. The maximum Gasteiger partial charge on any atom is 0.312 e. The fourth-order valence-corrected chi connectivity index (χ4v) is 2.09. The van der Waals surface area contributed by atoms with Crippen molar-refractivity contribution >= 4 is 15.8 Å². The van der Waals surface area contributed by atoms with Crippen LogP contribution in [0.25, 0.3) is 0 Å². The molecule has 1 rings (SSSR count). The van der Waals surface area contributed by atoms with Gasteiger partial charge < -0.3 is 5.11 Å². The van der Waals surface area contributed by atoms with E-state index in [2.05, 4.69) is 4.98 Å². The van der Waals surface area contributed by atoms with Crippen molar-refractivity contribution < 1.29 is 18.3 Å². The highest BCUT2D eigenvalue weighted by Crippen LogP contribution is 2.21. The minimum atomic E-state index is -3.44. The average Bonchev–Trinajstić information content (AvgIpc) is 2.15. The molecule has 15 heavy (non-hydrogen) atoms. The number of hydrogen-bond donors (Lipinski definition) is 1. The number of nitrogens with zero attached hydrogens (tertiary/aromatic N) is 1. The molecule has 0 radical (unpaired) electrons. The molecule has 1 N–H and O–H groups in total. The predicted octanol–water partition coefficient (Wildman–Crippen LogP) is 0.673. The first-order valence-electron chi connectivity index (χ1n) is 4.22. The molecular formula is C9H11NO4S. The molecule has 5 nitrogen and oxygen atoms in total. The standard InChI is InChI=1S/C9H11NO4S/c1-6(9(11)12)8-7(15(2,13)14)4-3-5-10-8/h3-6H,1-2H3,(H,11,12). The molecule has 0 aliphatic heterocycles. The Balaban J connectivity index is 3.37. The van der Waals surface area contributed by atoms with Gasteiger partial charge in [0.05, 0.1) is 16.5 Å². The van der Waals surface area contributed by atoms with E-state index < -0.39 is 21.7 Å². The van der Waals surface area contributed by atoms with Crippen molar-refractivity contribution in [3.8, 4) is 0 Å². The Bertz CT molecular complexity index is 481. The van der Waals surface area contributed by atoms with Crippen molar-refractivity contribution in [2.75, 3.05) is 6.26 Å². The topological polar surface area (TPSA) is 84.3 Å². The highest BCUT2D eigenvalue weighted by molar-refractivity contribution is 7.90. The molecular weight excluding hydrogens is 218 g/mol. The zero-order valence-corrected chi connectivity index (χ0v) is 9.15. The third-order valence-electron chi connectivity index (χ3n) is 1.98. The first-order valence-corrected chi connectivity index (χ1v) is 6.11. The Morgan fingerprint density at radius 3 is 2.60 bits per heavy atom. The lowest BCUT2D eigenvalue weighted by atomic mass is 10.1. The lowest BCUT2D eigenvalue weighted by Crippen LogP contribution is -2.14. The fourth-order valence-electron chi connectivity index (χ4n) is 1.16. The van der Waals surface area contributed by atoms with Gasteiger partial charge in [0.25, 0.3) is 0 Å². The molecule has 0 fully saturated rings. The zero-order chi connectivity index (χ0) is 11.6. The van der Waals surface area contributed by atoms with E-state index in [-0.39, 0.29) is 10.6 Å². The molecule has 0 amide bonds. The van der Waals surface area contributed by atoms with Crippen molar-refractivity contribution in [2.24, 2.45) is 0 Å². The third-order valence-corrected chi connectivity index (χ3v) is 3.12. The summed E-state index contributed by atoms with van der Waals surface area (Å²) in [5, 5.41) is 8.79. The van der Waals surface area contributed by atoms with Crippen LogP contribution in [0.4, 0.5) is 0 Å². The van der Waals surface area contributed by atoms with E-state index in [0.29, 0.717) is 0 Å². The van der Waals surface area contributed by atoms with Crippen LogP contribution in [0.15, 0.2) is 23.2 Å². The Morgan fingerprint density at radius 2 is 2.13 bits per heavy atom. The largest absolute Gasteiger partial charge is 0.481 e. The van der Waals surface area contributed by atoms with Crippen LogP contribution in [0.1, 0.15) is 18.5 Å². The quantitative estimate of drug-likeness (QED) is 0.823. The van der Waals surface area contributed by atoms with Crippen LogP contribution in [-0.2, 0) is 14.6 Å². The van der Waals surface area contributed by atoms with Gasteiger partial charge in [-0.1, -0.05) is 0 Å². The van der Waals surface area contributed by atoms with E-state index >= 15 is 0 Å². The number of sulfone groups is 1. The van der Waals surface area contributed by atoms with Crippen LogP contribution < -0.4 is 0 Å². The van der Waals surface area contributed by atoms with E-state index in [1.807, 2.05) is 0 Å². The van der Waals surface area contributed by atoms with Gasteiger partial charge in [-0.05, 0) is 19.1 Å². The van der Waals surface area contributed by atoms with E-state index in [1.54, 1.807) is 0 Å². The Morgan fingerprint density at radius 1 is 1.53 bits per heavy atom. The molecule has 1 unspecified atom stereocenters. The van der Waals surface area contributed by atoms with Gasteiger partial charge in [-0.3, -0.25) is 9.78 Å². The molecule has 82 valence electrons. The summed E-state index contributed by atoms with van der Waals surface area (Å²) >= 11 is 0. The highest BCUT2D eigenvalue weighted by Gasteiger charge is 2.23. The van der Waals surface area contributed by atoms with Crippen molar-refractivity contribution in [3.05, 3.63) is 24.0 Å². The second kappa shape index (κ2) is 3.98. The van der Waals surface area contributed by atoms with Crippen LogP contribution in [0.3, 0.4) is 0 Å². The minimum Gasteiger partial charge on any atom is -0.481 e.